The molecule has 0 bridgehead atoms. The molecular formula is C25H26F3N3O2. The molecule has 1 amide bonds. The summed E-state index contributed by atoms with van der Waals surface area (Å²) in [4.78, 5) is 19.3. The Morgan fingerprint density at radius 1 is 1.06 bits per heavy atom. The first-order valence-corrected chi connectivity index (χ1v) is 11.2. The summed E-state index contributed by atoms with van der Waals surface area (Å²) in [7, 11) is 0. The molecule has 0 spiro atoms. The molecule has 174 valence electrons. The molecule has 33 heavy (non-hydrogen) atoms. The van der Waals surface area contributed by atoms with Gasteiger partial charge in [-0.3, -0.25) is 4.79 Å². The van der Waals surface area contributed by atoms with Gasteiger partial charge in [-0.15, -0.1) is 0 Å². The van der Waals surface area contributed by atoms with Crippen molar-refractivity contribution >= 4 is 5.91 Å². The number of amides is 1. The molecule has 2 aliphatic carbocycles. The van der Waals surface area contributed by atoms with E-state index in [9.17, 15) is 23.1 Å². The lowest BCUT2D eigenvalue weighted by atomic mass is 9.81. The van der Waals surface area contributed by atoms with E-state index >= 15 is 0 Å². The number of carbonyl (C=O) groups is 1. The predicted octanol–water partition coefficient (Wildman–Crippen LogP) is 5.05. The number of benzene rings is 1. The summed E-state index contributed by atoms with van der Waals surface area (Å²) in [6, 6.07) is 11.2. The average molecular weight is 457 g/mol. The zero-order valence-corrected chi connectivity index (χ0v) is 18.3. The van der Waals surface area contributed by atoms with Crippen LogP contribution >= 0.6 is 0 Å². The van der Waals surface area contributed by atoms with E-state index in [1.165, 1.54) is 24.3 Å². The van der Waals surface area contributed by atoms with Gasteiger partial charge < -0.3 is 10.0 Å². The number of hydrogen-bond acceptors (Lipinski definition) is 4. The SMILES string of the molecule is C[C@](O)(c1ccc(C(=O)N(C2CC2)[C@H]2CC[C@H](c3ccnc(C#N)c3)CC2)cc1)C(F)(F)F. The quantitative estimate of drug-likeness (QED) is 0.681. The summed E-state index contributed by atoms with van der Waals surface area (Å²) in [5.41, 5.74) is -1.44. The minimum absolute atomic E-state index is 0.0801. The van der Waals surface area contributed by atoms with E-state index < -0.39 is 11.8 Å². The Bertz CT molecular complexity index is 1050. The molecule has 1 atom stereocenters. The van der Waals surface area contributed by atoms with E-state index in [1.54, 1.807) is 6.20 Å². The number of pyridine rings is 1. The fraction of sp³-hybridized carbons (Fsp3) is 0.480. The van der Waals surface area contributed by atoms with Crippen molar-refractivity contribution in [3.63, 3.8) is 0 Å². The molecule has 2 aromatic rings. The Morgan fingerprint density at radius 3 is 2.15 bits per heavy atom. The van der Waals surface area contributed by atoms with E-state index in [-0.39, 0.29) is 23.6 Å². The van der Waals surface area contributed by atoms with Crippen molar-refractivity contribution in [2.24, 2.45) is 0 Å². The zero-order valence-electron chi connectivity index (χ0n) is 18.3. The molecule has 1 aromatic carbocycles. The molecule has 0 saturated heterocycles. The molecule has 2 aliphatic rings. The lowest BCUT2D eigenvalue weighted by Gasteiger charge is -2.37. The minimum atomic E-state index is -4.81. The lowest BCUT2D eigenvalue weighted by molar-refractivity contribution is -0.258. The van der Waals surface area contributed by atoms with Crippen LogP contribution in [0.2, 0.25) is 0 Å². The summed E-state index contributed by atoms with van der Waals surface area (Å²) in [5, 5.41) is 19.0. The second-order valence-corrected chi connectivity index (χ2v) is 9.18. The summed E-state index contributed by atoms with van der Waals surface area (Å²) in [6.07, 6.45) is 2.16. The summed E-state index contributed by atoms with van der Waals surface area (Å²) in [6.45, 7) is 0.709. The number of rotatable bonds is 5. The number of alkyl halides is 3. The summed E-state index contributed by atoms with van der Waals surface area (Å²) in [5.74, 6) is 0.145. The number of nitrogens with zero attached hydrogens (tertiary/aromatic N) is 3. The van der Waals surface area contributed by atoms with Gasteiger partial charge in [0.2, 0.25) is 0 Å². The highest BCUT2D eigenvalue weighted by molar-refractivity contribution is 5.95. The third-order valence-electron chi connectivity index (χ3n) is 6.88. The van der Waals surface area contributed by atoms with Crippen LogP contribution in [0.4, 0.5) is 13.2 Å². The van der Waals surface area contributed by atoms with Gasteiger partial charge in [0.15, 0.2) is 5.60 Å². The van der Waals surface area contributed by atoms with Gasteiger partial charge in [0, 0.05) is 23.8 Å². The predicted molar refractivity (Wildman–Crippen MR) is 115 cm³/mol. The van der Waals surface area contributed by atoms with E-state index in [0.29, 0.717) is 24.1 Å². The first kappa shape index (κ1) is 23.2. The first-order valence-electron chi connectivity index (χ1n) is 11.2. The van der Waals surface area contributed by atoms with Gasteiger partial charge in [0.1, 0.15) is 11.8 Å². The minimum Gasteiger partial charge on any atom is -0.376 e. The Kier molecular flexibility index (Phi) is 6.19. The van der Waals surface area contributed by atoms with Crippen LogP contribution in [0.1, 0.15) is 78.5 Å². The van der Waals surface area contributed by atoms with E-state index in [1.807, 2.05) is 17.0 Å². The molecule has 4 rings (SSSR count). The number of hydrogen-bond donors (Lipinski definition) is 1. The standard InChI is InChI=1S/C25H26F3N3O2/c1-24(33,25(26,27)28)19-6-2-17(3-7-19)23(32)31(22-10-11-22)21-8-4-16(5-9-21)18-12-13-30-20(14-18)15-29/h2-3,6-7,12-14,16,21-22,33H,4-5,8-11H2,1H3/t16-,21-,24-/m0/s1. The Labute approximate surface area is 190 Å². The largest absolute Gasteiger partial charge is 0.421 e. The number of nitriles is 1. The van der Waals surface area contributed by atoms with Crippen LogP contribution in [-0.2, 0) is 5.60 Å². The van der Waals surface area contributed by atoms with Crippen molar-refractivity contribution in [2.45, 2.75) is 75.2 Å². The maximum atomic E-state index is 13.3. The highest BCUT2D eigenvalue weighted by Gasteiger charge is 2.51. The van der Waals surface area contributed by atoms with E-state index in [0.717, 1.165) is 44.1 Å². The lowest BCUT2D eigenvalue weighted by Crippen LogP contribution is -2.44. The first-order chi connectivity index (χ1) is 15.6. The Hall–Kier alpha value is -2.92. The molecule has 0 unspecified atom stereocenters. The van der Waals surface area contributed by atoms with Gasteiger partial charge in [0.25, 0.3) is 5.91 Å². The fourth-order valence-electron chi connectivity index (χ4n) is 4.68. The van der Waals surface area contributed by atoms with Gasteiger partial charge >= 0.3 is 6.18 Å². The van der Waals surface area contributed by atoms with Crippen LogP contribution in [0.5, 0.6) is 0 Å². The normalized spacial score (nSPS) is 22.8. The number of halogens is 3. The Balaban J connectivity index is 1.46. The van der Waals surface area contributed by atoms with Crippen molar-refractivity contribution in [1.29, 1.82) is 5.26 Å². The number of aromatic nitrogens is 1. The molecule has 0 radical (unpaired) electrons. The van der Waals surface area contributed by atoms with Crippen LogP contribution in [0, 0.1) is 11.3 Å². The number of aliphatic hydroxyl groups is 1. The molecule has 2 fully saturated rings. The second-order valence-electron chi connectivity index (χ2n) is 9.18. The molecule has 2 saturated carbocycles. The second kappa shape index (κ2) is 8.79. The molecule has 5 nitrogen and oxygen atoms in total. The third-order valence-corrected chi connectivity index (χ3v) is 6.88. The van der Waals surface area contributed by atoms with E-state index in [2.05, 4.69) is 11.1 Å². The van der Waals surface area contributed by atoms with Crippen molar-refractivity contribution in [3.05, 3.63) is 65.0 Å². The van der Waals surface area contributed by atoms with Crippen LogP contribution in [0.25, 0.3) is 0 Å². The maximum absolute atomic E-state index is 13.3. The van der Waals surface area contributed by atoms with Crippen molar-refractivity contribution < 1.29 is 23.1 Å². The van der Waals surface area contributed by atoms with Crippen molar-refractivity contribution in [1.82, 2.24) is 9.88 Å². The topological polar surface area (TPSA) is 77.2 Å². The molecule has 8 heteroatoms. The third kappa shape index (κ3) is 4.74. The molecular weight excluding hydrogens is 431 g/mol. The van der Waals surface area contributed by atoms with Gasteiger partial charge in [-0.2, -0.15) is 18.4 Å². The Morgan fingerprint density at radius 2 is 1.64 bits per heavy atom. The van der Waals surface area contributed by atoms with Crippen LogP contribution < -0.4 is 0 Å². The molecule has 1 heterocycles. The van der Waals surface area contributed by atoms with Gasteiger partial charge in [-0.25, -0.2) is 4.98 Å². The average Bonchev–Trinajstić information content (AvgIpc) is 3.64. The van der Waals surface area contributed by atoms with Crippen molar-refractivity contribution in [2.75, 3.05) is 0 Å². The monoisotopic (exact) mass is 457 g/mol. The summed E-state index contributed by atoms with van der Waals surface area (Å²) >= 11 is 0. The molecule has 0 aliphatic heterocycles. The smallest absolute Gasteiger partial charge is 0.376 e. The fourth-order valence-corrected chi connectivity index (χ4v) is 4.68. The molecule has 1 N–H and O–H groups in total. The number of carbonyl (C=O) groups excluding carboxylic acids is 1. The maximum Gasteiger partial charge on any atom is 0.421 e. The zero-order chi connectivity index (χ0) is 23.8. The van der Waals surface area contributed by atoms with E-state index in [4.69, 9.17) is 5.26 Å². The van der Waals surface area contributed by atoms with Gasteiger partial charge in [0.05, 0.1) is 0 Å². The van der Waals surface area contributed by atoms with Crippen LogP contribution in [-0.4, -0.2) is 39.2 Å². The van der Waals surface area contributed by atoms with Gasteiger partial charge in [-0.05, 0) is 86.8 Å². The highest BCUT2D eigenvalue weighted by atomic mass is 19.4. The van der Waals surface area contributed by atoms with Crippen LogP contribution in [0.15, 0.2) is 42.6 Å². The van der Waals surface area contributed by atoms with Crippen molar-refractivity contribution in [3.8, 4) is 6.07 Å². The van der Waals surface area contributed by atoms with Crippen LogP contribution in [0.3, 0.4) is 0 Å². The van der Waals surface area contributed by atoms with Gasteiger partial charge in [-0.1, -0.05) is 12.1 Å². The molecule has 1 aromatic heterocycles. The summed E-state index contributed by atoms with van der Waals surface area (Å²) < 4.78 is 39.3. The highest BCUT2D eigenvalue weighted by Crippen LogP contribution is 2.41.